The van der Waals surface area contributed by atoms with Crippen molar-refractivity contribution in [3.05, 3.63) is 72.3 Å². The number of hydrogen-bond acceptors (Lipinski definition) is 4. The Labute approximate surface area is 170 Å². The summed E-state index contributed by atoms with van der Waals surface area (Å²) in [5, 5.41) is 4.96. The Balaban J connectivity index is 1.37. The van der Waals surface area contributed by atoms with E-state index in [0.717, 1.165) is 22.1 Å². The van der Waals surface area contributed by atoms with Crippen molar-refractivity contribution in [1.82, 2.24) is 5.32 Å². The van der Waals surface area contributed by atoms with Gasteiger partial charge in [0, 0.05) is 11.8 Å². The molecule has 0 radical (unpaired) electrons. The number of Topliss-reactive ketones (excluding diaryl/α,β-unsaturated/α-hetero) is 1. The number of carbonyl (C=O) groups is 2. The minimum atomic E-state index is -0.202. The molecule has 5 nitrogen and oxygen atoms in total. The van der Waals surface area contributed by atoms with E-state index in [0.29, 0.717) is 31.7 Å². The van der Waals surface area contributed by atoms with E-state index in [-0.39, 0.29) is 18.3 Å². The first-order valence-corrected chi connectivity index (χ1v) is 9.70. The van der Waals surface area contributed by atoms with Gasteiger partial charge >= 0.3 is 0 Å². The van der Waals surface area contributed by atoms with Crippen LogP contribution in [-0.4, -0.2) is 31.4 Å². The van der Waals surface area contributed by atoms with Crippen molar-refractivity contribution >= 4 is 22.5 Å². The van der Waals surface area contributed by atoms with Crippen LogP contribution in [0.5, 0.6) is 11.5 Å². The molecule has 3 aromatic rings. The van der Waals surface area contributed by atoms with Crippen molar-refractivity contribution in [1.29, 1.82) is 0 Å². The van der Waals surface area contributed by atoms with Crippen molar-refractivity contribution in [2.24, 2.45) is 0 Å². The lowest BCUT2D eigenvalue weighted by molar-refractivity contribution is -0.123. The largest absolute Gasteiger partial charge is 0.491 e. The maximum atomic E-state index is 12.0. The molecular formula is C24H25NO4. The van der Waals surface area contributed by atoms with Gasteiger partial charge in [-0.05, 0) is 42.5 Å². The molecule has 0 heterocycles. The van der Waals surface area contributed by atoms with Crippen LogP contribution in [0.3, 0.4) is 0 Å². The molecule has 3 aromatic carbocycles. The lowest BCUT2D eigenvalue weighted by atomic mass is 10.1. The van der Waals surface area contributed by atoms with Crippen molar-refractivity contribution in [3.8, 4) is 11.5 Å². The monoisotopic (exact) mass is 391 g/mol. The topological polar surface area (TPSA) is 64.6 Å². The fourth-order valence-corrected chi connectivity index (χ4v) is 2.95. The van der Waals surface area contributed by atoms with Gasteiger partial charge in [-0.3, -0.25) is 4.79 Å². The molecule has 0 unspecified atom stereocenters. The number of ketones is 1. The average Bonchev–Trinajstić information content (AvgIpc) is 2.74. The fourth-order valence-electron chi connectivity index (χ4n) is 2.95. The van der Waals surface area contributed by atoms with Crippen molar-refractivity contribution in [2.45, 2.75) is 19.8 Å². The Morgan fingerprint density at radius 3 is 2.45 bits per heavy atom. The van der Waals surface area contributed by atoms with Crippen LogP contribution in [0.1, 0.15) is 18.9 Å². The molecule has 0 aliphatic heterocycles. The van der Waals surface area contributed by atoms with Crippen LogP contribution >= 0.6 is 0 Å². The summed E-state index contributed by atoms with van der Waals surface area (Å²) >= 11 is 0. The van der Waals surface area contributed by atoms with Crippen molar-refractivity contribution < 1.29 is 19.1 Å². The summed E-state index contributed by atoms with van der Waals surface area (Å²) in [4.78, 5) is 23.0. The van der Waals surface area contributed by atoms with E-state index in [9.17, 15) is 9.59 Å². The maximum absolute atomic E-state index is 12.0. The third kappa shape index (κ3) is 6.35. The van der Waals surface area contributed by atoms with Gasteiger partial charge in [0.15, 0.2) is 6.61 Å². The summed E-state index contributed by atoms with van der Waals surface area (Å²) in [6, 6.07) is 21.4. The number of amides is 1. The summed E-state index contributed by atoms with van der Waals surface area (Å²) in [7, 11) is 0. The quantitative estimate of drug-likeness (QED) is 0.532. The first kappa shape index (κ1) is 20.4. The smallest absolute Gasteiger partial charge is 0.258 e. The van der Waals surface area contributed by atoms with Crippen LogP contribution in [0.2, 0.25) is 0 Å². The van der Waals surface area contributed by atoms with Crippen LogP contribution in [-0.2, 0) is 16.0 Å². The second-order valence-corrected chi connectivity index (χ2v) is 6.81. The van der Waals surface area contributed by atoms with Gasteiger partial charge < -0.3 is 19.6 Å². The molecule has 1 amide bonds. The molecule has 150 valence electrons. The van der Waals surface area contributed by atoms with E-state index < -0.39 is 0 Å². The number of carbonyl (C=O) groups excluding carboxylic acids is 2. The Bertz CT molecular complexity index is 961. The molecule has 0 saturated heterocycles. The predicted molar refractivity (Wildman–Crippen MR) is 113 cm³/mol. The van der Waals surface area contributed by atoms with Crippen LogP contribution in [0, 0.1) is 0 Å². The van der Waals surface area contributed by atoms with Gasteiger partial charge in [-0.1, -0.05) is 48.5 Å². The lowest BCUT2D eigenvalue weighted by Crippen LogP contribution is -2.32. The highest BCUT2D eigenvalue weighted by Crippen LogP contribution is 2.24. The fraction of sp³-hybridized carbons (Fsp3) is 0.250. The zero-order valence-corrected chi connectivity index (χ0v) is 16.5. The number of fused-ring (bicyclic) bond motifs is 1. The van der Waals surface area contributed by atoms with E-state index in [4.69, 9.17) is 9.47 Å². The molecule has 29 heavy (non-hydrogen) atoms. The Kier molecular flexibility index (Phi) is 7.22. The number of rotatable bonds is 10. The number of hydrogen-bond donors (Lipinski definition) is 1. The number of benzene rings is 3. The molecule has 3 rings (SSSR count). The lowest BCUT2D eigenvalue weighted by Gasteiger charge is -2.11. The first-order valence-electron chi connectivity index (χ1n) is 9.70. The number of aryl methyl sites for hydroxylation is 1. The molecule has 0 fully saturated rings. The normalized spacial score (nSPS) is 10.5. The van der Waals surface area contributed by atoms with E-state index in [1.165, 1.54) is 0 Å². The van der Waals surface area contributed by atoms with Crippen molar-refractivity contribution in [2.75, 3.05) is 19.8 Å². The highest BCUT2D eigenvalue weighted by Gasteiger charge is 2.05. The number of nitrogens with one attached hydrogen (secondary N) is 1. The van der Waals surface area contributed by atoms with Crippen LogP contribution in [0.25, 0.3) is 10.8 Å². The molecule has 5 heteroatoms. The summed E-state index contributed by atoms with van der Waals surface area (Å²) in [5.74, 6) is 1.40. The van der Waals surface area contributed by atoms with Gasteiger partial charge in [0.25, 0.3) is 5.91 Å². The van der Waals surface area contributed by atoms with Gasteiger partial charge in [-0.15, -0.1) is 0 Å². The van der Waals surface area contributed by atoms with Crippen LogP contribution in [0.4, 0.5) is 0 Å². The van der Waals surface area contributed by atoms with Gasteiger partial charge in [0.05, 0.1) is 6.54 Å². The molecule has 0 atom stereocenters. The van der Waals surface area contributed by atoms with E-state index >= 15 is 0 Å². The van der Waals surface area contributed by atoms with Crippen LogP contribution < -0.4 is 14.8 Å². The molecule has 0 saturated carbocycles. The Hall–Kier alpha value is -3.34. The Morgan fingerprint density at radius 2 is 1.66 bits per heavy atom. The summed E-state index contributed by atoms with van der Waals surface area (Å²) in [6.45, 7) is 2.31. The highest BCUT2D eigenvalue weighted by atomic mass is 16.5. The van der Waals surface area contributed by atoms with Gasteiger partial charge in [-0.25, -0.2) is 0 Å². The zero-order chi connectivity index (χ0) is 20.5. The third-order valence-corrected chi connectivity index (χ3v) is 4.49. The average molecular weight is 391 g/mol. The Morgan fingerprint density at radius 1 is 0.897 bits per heavy atom. The molecular weight excluding hydrogens is 366 g/mol. The number of ether oxygens (including phenoxy) is 2. The summed E-state index contributed by atoms with van der Waals surface area (Å²) < 4.78 is 11.3. The third-order valence-electron chi connectivity index (χ3n) is 4.49. The van der Waals surface area contributed by atoms with Gasteiger partial charge in [-0.2, -0.15) is 0 Å². The zero-order valence-electron chi connectivity index (χ0n) is 16.5. The SMILES string of the molecule is CC(=O)CCc1ccc(OCC(=O)NCCOc2cccc3ccccc23)cc1. The van der Waals surface area contributed by atoms with Crippen LogP contribution in [0.15, 0.2) is 66.7 Å². The molecule has 0 aromatic heterocycles. The second-order valence-electron chi connectivity index (χ2n) is 6.81. The highest BCUT2D eigenvalue weighted by molar-refractivity contribution is 5.88. The molecule has 0 bridgehead atoms. The summed E-state index contributed by atoms with van der Waals surface area (Å²) in [6.07, 6.45) is 1.25. The van der Waals surface area contributed by atoms with E-state index in [1.54, 1.807) is 6.92 Å². The minimum absolute atomic E-state index is 0.0545. The minimum Gasteiger partial charge on any atom is -0.491 e. The maximum Gasteiger partial charge on any atom is 0.258 e. The first-order chi connectivity index (χ1) is 14.1. The predicted octanol–water partition coefficient (Wildman–Crippen LogP) is 3.94. The van der Waals surface area contributed by atoms with Gasteiger partial charge in [0.2, 0.25) is 0 Å². The van der Waals surface area contributed by atoms with Crippen molar-refractivity contribution in [3.63, 3.8) is 0 Å². The second kappa shape index (κ2) is 10.3. The molecule has 0 aliphatic rings. The molecule has 1 N–H and O–H groups in total. The van der Waals surface area contributed by atoms with E-state index in [2.05, 4.69) is 5.32 Å². The molecule has 0 aliphatic carbocycles. The van der Waals surface area contributed by atoms with Gasteiger partial charge in [0.1, 0.15) is 23.9 Å². The van der Waals surface area contributed by atoms with E-state index in [1.807, 2.05) is 66.7 Å². The standard InChI is InChI=1S/C24H25NO4/c1-18(26)9-10-19-11-13-21(14-12-19)29-17-24(27)25-15-16-28-23-8-4-6-20-5-2-3-7-22(20)23/h2-8,11-14H,9-10,15-17H2,1H3,(H,25,27). The summed E-state index contributed by atoms with van der Waals surface area (Å²) in [5.41, 5.74) is 1.07. The molecule has 0 spiro atoms.